The highest BCUT2D eigenvalue weighted by Gasteiger charge is 2.23. The molecule has 0 saturated carbocycles. The molecule has 1 aromatic rings. The minimum absolute atomic E-state index is 0.410. The molecule has 14 heavy (non-hydrogen) atoms. The Labute approximate surface area is 84.1 Å². The van der Waals surface area contributed by atoms with Crippen LogP contribution in [0.15, 0.2) is 4.42 Å². The molecule has 80 valence electrons. The monoisotopic (exact) mass is 198 g/mol. The van der Waals surface area contributed by atoms with Gasteiger partial charge < -0.3 is 15.3 Å². The fourth-order valence-electron chi connectivity index (χ4n) is 1.45. The van der Waals surface area contributed by atoms with Crippen molar-refractivity contribution in [3.05, 3.63) is 17.3 Å². The molecule has 0 aromatic carbocycles. The van der Waals surface area contributed by atoms with Gasteiger partial charge in [-0.15, -0.1) is 0 Å². The first-order chi connectivity index (χ1) is 6.29. The summed E-state index contributed by atoms with van der Waals surface area (Å²) in [7, 11) is 0. The number of aryl methyl sites for hydroxylation is 2. The minimum Gasteiger partial charge on any atom is -0.443 e. The number of hydrogen-bond donors (Lipinski definition) is 2. The van der Waals surface area contributed by atoms with Crippen LogP contribution in [0.3, 0.4) is 0 Å². The van der Waals surface area contributed by atoms with E-state index in [-0.39, 0.29) is 0 Å². The lowest BCUT2D eigenvalue weighted by Gasteiger charge is -2.21. The van der Waals surface area contributed by atoms with E-state index in [2.05, 4.69) is 4.98 Å². The van der Waals surface area contributed by atoms with Crippen LogP contribution >= 0.6 is 0 Å². The van der Waals surface area contributed by atoms with E-state index in [1.54, 1.807) is 6.92 Å². The maximum atomic E-state index is 9.84. The lowest BCUT2D eigenvalue weighted by molar-refractivity contribution is 0.116. The molecule has 1 atom stereocenters. The van der Waals surface area contributed by atoms with Gasteiger partial charge in [-0.2, -0.15) is 0 Å². The van der Waals surface area contributed by atoms with Crippen molar-refractivity contribution in [2.24, 2.45) is 5.73 Å². The topological polar surface area (TPSA) is 72.3 Å². The first-order valence-electron chi connectivity index (χ1n) is 4.70. The van der Waals surface area contributed by atoms with Crippen molar-refractivity contribution in [3.63, 3.8) is 0 Å². The summed E-state index contributed by atoms with van der Waals surface area (Å²) in [5, 5.41) is 9.84. The summed E-state index contributed by atoms with van der Waals surface area (Å²) in [6, 6.07) is 0. The van der Waals surface area contributed by atoms with Crippen molar-refractivity contribution in [1.29, 1.82) is 0 Å². The minimum atomic E-state index is -0.670. The van der Waals surface area contributed by atoms with Gasteiger partial charge in [0, 0.05) is 12.5 Å². The first kappa shape index (κ1) is 11.2. The molecule has 0 amide bonds. The van der Waals surface area contributed by atoms with Gasteiger partial charge in [-0.1, -0.05) is 0 Å². The number of hydrogen-bond acceptors (Lipinski definition) is 4. The molecule has 0 aliphatic carbocycles. The van der Waals surface area contributed by atoms with Crippen molar-refractivity contribution in [2.75, 3.05) is 0 Å². The van der Waals surface area contributed by atoms with E-state index >= 15 is 0 Å². The summed E-state index contributed by atoms with van der Waals surface area (Å²) in [4.78, 5) is 4.09. The van der Waals surface area contributed by atoms with Crippen LogP contribution in [-0.2, 0) is 0 Å². The van der Waals surface area contributed by atoms with Gasteiger partial charge in [-0.25, -0.2) is 4.98 Å². The number of rotatable bonds is 3. The lowest BCUT2D eigenvalue weighted by atomic mass is 9.96. The molecule has 0 aliphatic rings. The van der Waals surface area contributed by atoms with E-state index in [0.29, 0.717) is 18.1 Å². The third kappa shape index (κ3) is 2.82. The molecular weight excluding hydrogens is 180 g/mol. The quantitative estimate of drug-likeness (QED) is 0.771. The second-order valence-corrected chi connectivity index (χ2v) is 4.39. The number of oxazole rings is 1. The molecule has 1 aromatic heterocycles. The fourth-order valence-corrected chi connectivity index (χ4v) is 1.45. The van der Waals surface area contributed by atoms with Crippen LogP contribution in [0.25, 0.3) is 0 Å². The maximum Gasteiger partial charge on any atom is 0.191 e. The molecule has 1 rings (SSSR count). The normalized spacial score (nSPS) is 14.4. The van der Waals surface area contributed by atoms with Crippen molar-refractivity contribution in [3.8, 4) is 0 Å². The summed E-state index contributed by atoms with van der Waals surface area (Å²) < 4.78 is 5.31. The first-order valence-corrected chi connectivity index (χ1v) is 4.70. The van der Waals surface area contributed by atoms with Crippen molar-refractivity contribution in [2.45, 2.75) is 45.8 Å². The average molecular weight is 198 g/mol. The van der Waals surface area contributed by atoms with Gasteiger partial charge >= 0.3 is 0 Å². The van der Waals surface area contributed by atoms with E-state index in [4.69, 9.17) is 10.2 Å². The highest BCUT2D eigenvalue weighted by atomic mass is 16.4. The molecular formula is C10H18N2O2. The van der Waals surface area contributed by atoms with Crippen LogP contribution < -0.4 is 5.73 Å². The maximum absolute atomic E-state index is 9.84. The Bertz CT molecular complexity index is 312. The Kier molecular flexibility index (Phi) is 2.97. The predicted octanol–water partition coefficient (Wildman–Crippen LogP) is 1.45. The van der Waals surface area contributed by atoms with Gasteiger partial charge in [0.25, 0.3) is 0 Å². The number of nitrogens with zero attached hydrogens (tertiary/aromatic N) is 1. The lowest BCUT2D eigenvalue weighted by Crippen LogP contribution is -2.33. The van der Waals surface area contributed by atoms with E-state index in [1.165, 1.54) is 0 Å². The number of nitrogens with two attached hydrogens (primary N) is 1. The molecule has 0 bridgehead atoms. The van der Waals surface area contributed by atoms with Crippen molar-refractivity contribution in [1.82, 2.24) is 4.98 Å². The molecule has 0 fully saturated rings. The van der Waals surface area contributed by atoms with Gasteiger partial charge in [0.1, 0.15) is 6.10 Å². The summed E-state index contributed by atoms with van der Waals surface area (Å²) >= 11 is 0. The SMILES string of the molecule is Cc1nc(C)c(C(O)CC(C)(C)N)o1. The van der Waals surface area contributed by atoms with Gasteiger partial charge in [0.2, 0.25) is 0 Å². The van der Waals surface area contributed by atoms with Crippen molar-refractivity contribution >= 4 is 0 Å². The van der Waals surface area contributed by atoms with E-state index < -0.39 is 11.6 Å². The Morgan fingerprint density at radius 1 is 1.50 bits per heavy atom. The Hall–Kier alpha value is -0.870. The molecule has 0 saturated heterocycles. The Balaban J connectivity index is 2.79. The second kappa shape index (κ2) is 3.71. The standard InChI is InChI=1S/C10H18N2O2/c1-6-9(14-7(2)12-6)8(13)5-10(3,4)11/h8,13H,5,11H2,1-4H3. The summed E-state index contributed by atoms with van der Waals surface area (Å²) in [5.41, 5.74) is 6.13. The predicted molar refractivity (Wildman–Crippen MR) is 53.8 cm³/mol. The number of aromatic nitrogens is 1. The van der Waals surface area contributed by atoms with Crippen LogP contribution in [0.2, 0.25) is 0 Å². The molecule has 4 nitrogen and oxygen atoms in total. The van der Waals surface area contributed by atoms with E-state index in [9.17, 15) is 5.11 Å². The summed E-state index contributed by atoms with van der Waals surface area (Å²) in [6.45, 7) is 7.32. The van der Waals surface area contributed by atoms with E-state index in [0.717, 1.165) is 5.69 Å². The zero-order chi connectivity index (χ0) is 10.9. The zero-order valence-electron chi connectivity index (χ0n) is 9.16. The molecule has 0 radical (unpaired) electrons. The summed E-state index contributed by atoms with van der Waals surface area (Å²) in [6.07, 6.45) is -0.209. The Morgan fingerprint density at radius 2 is 2.07 bits per heavy atom. The third-order valence-electron chi connectivity index (χ3n) is 1.96. The van der Waals surface area contributed by atoms with Crippen LogP contribution in [0, 0.1) is 13.8 Å². The largest absolute Gasteiger partial charge is 0.443 e. The molecule has 1 unspecified atom stereocenters. The van der Waals surface area contributed by atoms with Crippen LogP contribution in [-0.4, -0.2) is 15.6 Å². The Morgan fingerprint density at radius 3 is 2.43 bits per heavy atom. The highest BCUT2D eigenvalue weighted by molar-refractivity contribution is 5.11. The van der Waals surface area contributed by atoms with Gasteiger partial charge in [0.05, 0.1) is 5.69 Å². The molecule has 3 N–H and O–H groups in total. The summed E-state index contributed by atoms with van der Waals surface area (Å²) in [5.74, 6) is 1.10. The zero-order valence-corrected chi connectivity index (χ0v) is 9.16. The van der Waals surface area contributed by atoms with Gasteiger partial charge in [0.15, 0.2) is 11.7 Å². The van der Waals surface area contributed by atoms with Crippen LogP contribution in [0.4, 0.5) is 0 Å². The van der Waals surface area contributed by atoms with Gasteiger partial charge in [-0.05, 0) is 27.2 Å². The molecule has 0 spiro atoms. The van der Waals surface area contributed by atoms with Gasteiger partial charge in [-0.3, -0.25) is 0 Å². The molecule has 0 aliphatic heterocycles. The number of aliphatic hydroxyl groups is 1. The third-order valence-corrected chi connectivity index (χ3v) is 1.96. The smallest absolute Gasteiger partial charge is 0.191 e. The number of aliphatic hydroxyl groups excluding tert-OH is 1. The van der Waals surface area contributed by atoms with Crippen LogP contribution in [0.1, 0.15) is 43.7 Å². The molecule has 1 heterocycles. The second-order valence-electron chi connectivity index (χ2n) is 4.39. The van der Waals surface area contributed by atoms with Crippen LogP contribution in [0.5, 0.6) is 0 Å². The fraction of sp³-hybridized carbons (Fsp3) is 0.700. The molecule has 4 heteroatoms. The highest BCUT2D eigenvalue weighted by Crippen LogP contribution is 2.25. The van der Waals surface area contributed by atoms with Crippen molar-refractivity contribution < 1.29 is 9.52 Å². The average Bonchev–Trinajstić information content (AvgIpc) is 2.26. The van der Waals surface area contributed by atoms with E-state index in [1.807, 2.05) is 20.8 Å².